The zero-order valence-corrected chi connectivity index (χ0v) is 11.1. The molecular weight excluding hydrogens is 251 g/mol. The molecule has 2 N–H and O–H groups in total. The molecule has 1 atom stereocenters. The first-order valence-corrected chi connectivity index (χ1v) is 6.38. The minimum atomic E-state index is -0.193. The van der Waals surface area contributed by atoms with Crippen molar-refractivity contribution in [1.82, 2.24) is 14.5 Å². The van der Waals surface area contributed by atoms with E-state index in [9.17, 15) is 4.39 Å². The van der Waals surface area contributed by atoms with Crippen LogP contribution >= 0.6 is 11.5 Å². The summed E-state index contributed by atoms with van der Waals surface area (Å²) in [5, 5.41) is 4.58. The van der Waals surface area contributed by atoms with E-state index in [1.807, 2.05) is 24.9 Å². The van der Waals surface area contributed by atoms with Crippen molar-refractivity contribution >= 4 is 16.5 Å². The fourth-order valence-electron chi connectivity index (χ4n) is 1.75. The third kappa shape index (κ3) is 2.65. The van der Waals surface area contributed by atoms with Gasteiger partial charge in [0.2, 0.25) is 0 Å². The smallest absolute Gasteiger partial charge is 0.132 e. The maximum Gasteiger partial charge on any atom is 0.132 e. The average Bonchev–Trinajstić information content (AvgIpc) is 2.75. The highest BCUT2D eigenvalue weighted by molar-refractivity contribution is 7.09. The predicted octanol–water partition coefficient (Wildman–Crippen LogP) is 2.45. The summed E-state index contributed by atoms with van der Waals surface area (Å²) < 4.78 is 17.5. The summed E-state index contributed by atoms with van der Waals surface area (Å²) in [4.78, 5) is 1.99. The molecule has 0 fully saturated rings. The Labute approximate surface area is 109 Å². The minimum Gasteiger partial charge on any atom is -0.388 e. The molecule has 1 heterocycles. The van der Waals surface area contributed by atoms with Gasteiger partial charge in [-0.1, -0.05) is 22.7 Å². The molecule has 4 nitrogen and oxygen atoms in total. The summed E-state index contributed by atoms with van der Waals surface area (Å²) in [5.74, 6) is -0.193. The first-order valence-electron chi connectivity index (χ1n) is 5.61. The van der Waals surface area contributed by atoms with Gasteiger partial charge in [-0.25, -0.2) is 4.39 Å². The Balaban J connectivity index is 2.12. The third-order valence-electron chi connectivity index (χ3n) is 3.00. The van der Waals surface area contributed by atoms with Gasteiger partial charge < -0.3 is 5.73 Å². The molecule has 1 aromatic carbocycles. The van der Waals surface area contributed by atoms with Crippen LogP contribution in [0, 0.1) is 5.82 Å². The Morgan fingerprint density at radius 1 is 1.44 bits per heavy atom. The van der Waals surface area contributed by atoms with Gasteiger partial charge in [-0.15, -0.1) is 5.10 Å². The van der Waals surface area contributed by atoms with Gasteiger partial charge >= 0.3 is 0 Å². The molecule has 0 amide bonds. The standard InChI is InChI=1S/C12H15FN4S/c1-8(9-5-3-4-6-10(9)13)17(2)7-11-12(14)18-16-15-11/h3-6,8H,7,14H2,1-2H3. The lowest BCUT2D eigenvalue weighted by Crippen LogP contribution is -2.23. The average molecular weight is 266 g/mol. The molecule has 0 saturated heterocycles. The van der Waals surface area contributed by atoms with Gasteiger partial charge in [0.1, 0.15) is 16.5 Å². The van der Waals surface area contributed by atoms with E-state index in [1.165, 1.54) is 17.6 Å². The Kier molecular flexibility index (Phi) is 3.88. The van der Waals surface area contributed by atoms with Crippen LogP contribution in [0.25, 0.3) is 0 Å². The Morgan fingerprint density at radius 2 is 2.17 bits per heavy atom. The molecule has 1 aromatic heterocycles. The number of hydrogen-bond donors (Lipinski definition) is 1. The fraction of sp³-hybridized carbons (Fsp3) is 0.333. The van der Waals surface area contributed by atoms with Crippen molar-refractivity contribution in [3.63, 3.8) is 0 Å². The zero-order chi connectivity index (χ0) is 13.1. The SMILES string of the molecule is CC(c1ccccc1F)N(C)Cc1nnsc1N. The molecule has 0 aliphatic rings. The second-order valence-electron chi connectivity index (χ2n) is 4.20. The Hall–Kier alpha value is -1.53. The van der Waals surface area contributed by atoms with Gasteiger partial charge in [-0.3, -0.25) is 4.90 Å². The summed E-state index contributed by atoms with van der Waals surface area (Å²) in [6, 6.07) is 6.74. The largest absolute Gasteiger partial charge is 0.388 e. The van der Waals surface area contributed by atoms with E-state index in [2.05, 4.69) is 9.59 Å². The second-order valence-corrected chi connectivity index (χ2v) is 4.98. The van der Waals surface area contributed by atoms with Crippen LogP contribution in [0.4, 0.5) is 9.39 Å². The number of halogens is 1. The van der Waals surface area contributed by atoms with Gasteiger partial charge in [0.05, 0.1) is 0 Å². The van der Waals surface area contributed by atoms with E-state index in [0.29, 0.717) is 17.1 Å². The predicted molar refractivity (Wildman–Crippen MR) is 70.6 cm³/mol. The van der Waals surface area contributed by atoms with Crippen molar-refractivity contribution in [2.45, 2.75) is 19.5 Å². The van der Waals surface area contributed by atoms with Crippen molar-refractivity contribution in [1.29, 1.82) is 0 Å². The molecule has 0 radical (unpaired) electrons. The van der Waals surface area contributed by atoms with Crippen molar-refractivity contribution in [2.24, 2.45) is 0 Å². The van der Waals surface area contributed by atoms with Crippen LogP contribution in [0.15, 0.2) is 24.3 Å². The van der Waals surface area contributed by atoms with Crippen LogP contribution in [0.1, 0.15) is 24.2 Å². The Morgan fingerprint density at radius 3 is 2.78 bits per heavy atom. The number of nitrogens with two attached hydrogens (primary N) is 1. The lowest BCUT2D eigenvalue weighted by molar-refractivity contribution is 0.245. The summed E-state index contributed by atoms with van der Waals surface area (Å²) >= 11 is 1.17. The van der Waals surface area contributed by atoms with Crippen LogP contribution in [-0.2, 0) is 6.54 Å². The van der Waals surface area contributed by atoms with Crippen molar-refractivity contribution < 1.29 is 4.39 Å². The molecular formula is C12H15FN4S. The van der Waals surface area contributed by atoms with Gasteiger partial charge in [0, 0.05) is 29.7 Å². The maximum absolute atomic E-state index is 13.7. The van der Waals surface area contributed by atoms with Gasteiger partial charge in [0.25, 0.3) is 0 Å². The molecule has 0 saturated carbocycles. The highest BCUT2D eigenvalue weighted by Gasteiger charge is 2.17. The summed E-state index contributed by atoms with van der Waals surface area (Å²) in [6.45, 7) is 2.51. The second kappa shape index (κ2) is 5.41. The first kappa shape index (κ1) is 12.9. The quantitative estimate of drug-likeness (QED) is 0.923. The summed E-state index contributed by atoms with van der Waals surface area (Å²) in [7, 11) is 1.91. The molecule has 2 rings (SSSR count). The topological polar surface area (TPSA) is 55.0 Å². The fourth-order valence-corrected chi connectivity index (χ4v) is 2.19. The third-order valence-corrected chi connectivity index (χ3v) is 3.60. The van der Waals surface area contributed by atoms with E-state index in [0.717, 1.165) is 5.69 Å². The van der Waals surface area contributed by atoms with Crippen LogP contribution in [0.3, 0.4) is 0 Å². The number of aromatic nitrogens is 2. The number of benzene rings is 1. The highest BCUT2D eigenvalue weighted by Crippen LogP contribution is 2.24. The molecule has 96 valence electrons. The summed E-state index contributed by atoms with van der Waals surface area (Å²) in [5.41, 5.74) is 7.16. The van der Waals surface area contributed by atoms with E-state index in [4.69, 9.17) is 5.73 Å². The Bertz CT molecular complexity index is 528. The van der Waals surface area contributed by atoms with E-state index in [1.54, 1.807) is 12.1 Å². The number of rotatable bonds is 4. The number of nitrogens with zero attached hydrogens (tertiary/aromatic N) is 3. The normalized spacial score (nSPS) is 12.9. The molecule has 0 bridgehead atoms. The molecule has 0 aliphatic carbocycles. The van der Waals surface area contributed by atoms with Crippen LogP contribution in [0.5, 0.6) is 0 Å². The lowest BCUT2D eigenvalue weighted by Gasteiger charge is -2.24. The van der Waals surface area contributed by atoms with Crippen LogP contribution in [-0.4, -0.2) is 21.5 Å². The summed E-state index contributed by atoms with van der Waals surface area (Å²) in [6.07, 6.45) is 0. The molecule has 6 heteroatoms. The van der Waals surface area contributed by atoms with Crippen molar-refractivity contribution in [3.8, 4) is 0 Å². The van der Waals surface area contributed by atoms with Crippen LogP contribution in [0.2, 0.25) is 0 Å². The molecule has 1 unspecified atom stereocenters. The van der Waals surface area contributed by atoms with Crippen LogP contribution < -0.4 is 5.73 Å². The monoisotopic (exact) mass is 266 g/mol. The molecule has 0 aliphatic heterocycles. The minimum absolute atomic E-state index is 0.0488. The van der Waals surface area contributed by atoms with Gasteiger partial charge in [0.15, 0.2) is 0 Å². The first-order chi connectivity index (χ1) is 8.59. The van der Waals surface area contributed by atoms with E-state index in [-0.39, 0.29) is 11.9 Å². The van der Waals surface area contributed by atoms with Gasteiger partial charge in [-0.2, -0.15) is 0 Å². The van der Waals surface area contributed by atoms with Crippen molar-refractivity contribution in [2.75, 3.05) is 12.8 Å². The molecule has 18 heavy (non-hydrogen) atoms. The molecule has 0 spiro atoms. The molecule has 2 aromatic rings. The number of hydrogen-bond acceptors (Lipinski definition) is 5. The number of nitrogen functional groups attached to an aromatic ring is 1. The lowest BCUT2D eigenvalue weighted by atomic mass is 10.1. The van der Waals surface area contributed by atoms with E-state index < -0.39 is 0 Å². The zero-order valence-electron chi connectivity index (χ0n) is 10.3. The number of anilines is 1. The highest BCUT2D eigenvalue weighted by atomic mass is 32.1. The maximum atomic E-state index is 13.7. The van der Waals surface area contributed by atoms with Gasteiger partial charge in [-0.05, 0) is 20.0 Å². The van der Waals surface area contributed by atoms with E-state index >= 15 is 0 Å². The van der Waals surface area contributed by atoms with Crippen molar-refractivity contribution in [3.05, 3.63) is 41.3 Å².